The maximum atomic E-state index is 12.4. The number of aryl methyl sites for hydroxylation is 2. The Morgan fingerprint density at radius 3 is 2.65 bits per heavy atom. The molecule has 0 saturated heterocycles. The molecule has 0 atom stereocenters. The lowest BCUT2D eigenvalue weighted by Gasteiger charge is -2.10. The van der Waals surface area contributed by atoms with Crippen molar-refractivity contribution in [2.75, 3.05) is 12.4 Å². The zero-order valence-corrected chi connectivity index (χ0v) is 14.7. The minimum atomic E-state index is -0.443. The number of nitrogens with zero attached hydrogens (tertiary/aromatic N) is 4. The van der Waals surface area contributed by atoms with Crippen LogP contribution < -0.4 is 21.3 Å². The molecule has 2 aromatic heterocycles. The van der Waals surface area contributed by atoms with Crippen LogP contribution in [0, 0.1) is 0 Å². The highest BCUT2D eigenvalue weighted by molar-refractivity contribution is 5.92. The average molecular weight is 357 g/mol. The van der Waals surface area contributed by atoms with E-state index >= 15 is 0 Å². The molecule has 0 radical (unpaired) electrons. The van der Waals surface area contributed by atoms with Crippen molar-refractivity contribution in [1.29, 1.82) is 0 Å². The van der Waals surface area contributed by atoms with Gasteiger partial charge < -0.3 is 14.6 Å². The van der Waals surface area contributed by atoms with Gasteiger partial charge in [-0.3, -0.25) is 18.7 Å². The highest BCUT2D eigenvalue weighted by Crippen LogP contribution is 2.23. The predicted molar refractivity (Wildman–Crippen MR) is 96.5 cm³/mol. The maximum Gasteiger partial charge on any atom is 0.332 e. The van der Waals surface area contributed by atoms with Crippen LogP contribution in [0.15, 0.2) is 40.2 Å². The van der Waals surface area contributed by atoms with E-state index in [2.05, 4.69) is 10.3 Å². The van der Waals surface area contributed by atoms with Crippen LogP contribution in [0.2, 0.25) is 0 Å². The van der Waals surface area contributed by atoms with Gasteiger partial charge in [0.15, 0.2) is 11.2 Å². The summed E-state index contributed by atoms with van der Waals surface area (Å²) in [5.41, 5.74) is 0.282. The molecule has 0 fully saturated rings. The van der Waals surface area contributed by atoms with Gasteiger partial charge in [0, 0.05) is 27.1 Å². The van der Waals surface area contributed by atoms with Gasteiger partial charge in [-0.2, -0.15) is 0 Å². The molecule has 1 N–H and O–H groups in total. The third-order valence-corrected chi connectivity index (χ3v) is 4.18. The monoisotopic (exact) mass is 357 g/mol. The first-order valence-corrected chi connectivity index (χ1v) is 7.97. The summed E-state index contributed by atoms with van der Waals surface area (Å²) in [6.07, 6.45) is 1.59. The van der Waals surface area contributed by atoms with E-state index in [0.29, 0.717) is 22.6 Å². The van der Waals surface area contributed by atoms with Crippen molar-refractivity contribution < 1.29 is 9.53 Å². The molecule has 0 unspecified atom stereocenters. The summed E-state index contributed by atoms with van der Waals surface area (Å²) in [5, 5.41) is 2.78. The molecule has 9 nitrogen and oxygen atoms in total. The van der Waals surface area contributed by atoms with Crippen molar-refractivity contribution >= 4 is 22.8 Å². The van der Waals surface area contributed by atoms with E-state index in [1.54, 1.807) is 29.8 Å². The van der Waals surface area contributed by atoms with E-state index in [0.717, 1.165) is 4.57 Å². The normalized spacial score (nSPS) is 10.9. The van der Waals surface area contributed by atoms with Crippen molar-refractivity contribution in [2.45, 2.75) is 13.0 Å². The molecule has 0 aliphatic heterocycles. The van der Waals surface area contributed by atoms with E-state index in [4.69, 9.17) is 4.74 Å². The van der Waals surface area contributed by atoms with Gasteiger partial charge >= 0.3 is 5.69 Å². The number of ether oxygens (including phenoxy) is 1. The molecule has 136 valence electrons. The molecule has 0 saturated carbocycles. The fourth-order valence-corrected chi connectivity index (χ4v) is 2.75. The molecule has 2 heterocycles. The summed E-state index contributed by atoms with van der Waals surface area (Å²) < 4.78 is 9.11. The van der Waals surface area contributed by atoms with Crippen LogP contribution in [0.5, 0.6) is 5.75 Å². The van der Waals surface area contributed by atoms with Gasteiger partial charge in [-0.05, 0) is 12.1 Å². The van der Waals surface area contributed by atoms with Crippen LogP contribution in [0.25, 0.3) is 11.2 Å². The lowest BCUT2D eigenvalue weighted by Crippen LogP contribution is -2.37. The maximum absolute atomic E-state index is 12.4. The number of hydrogen-bond acceptors (Lipinski definition) is 5. The second-order valence-corrected chi connectivity index (χ2v) is 5.81. The van der Waals surface area contributed by atoms with Crippen LogP contribution >= 0.6 is 0 Å². The Kier molecular flexibility index (Phi) is 4.61. The molecule has 0 aliphatic carbocycles. The van der Waals surface area contributed by atoms with Crippen LogP contribution in [-0.4, -0.2) is 31.7 Å². The number of nitrogens with one attached hydrogen (secondary N) is 1. The Labute approximate surface area is 148 Å². The lowest BCUT2D eigenvalue weighted by molar-refractivity contribution is -0.116. The number of carbonyl (C=O) groups is 1. The molecule has 0 spiro atoms. The minimum absolute atomic E-state index is 0.134. The SMILES string of the molecule is COc1ccccc1NC(=O)CCn1cnc2c1c(=O)n(C)c(=O)n2C. The second kappa shape index (κ2) is 6.87. The van der Waals surface area contributed by atoms with Crippen LogP contribution in [-0.2, 0) is 25.4 Å². The number of fused-ring (bicyclic) bond motifs is 1. The minimum Gasteiger partial charge on any atom is -0.495 e. The van der Waals surface area contributed by atoms with Gasteiger partial charge in [0.05, 0.1) is 19.1 Å². The van der Waals surface area contributed by atoms with Crippen molar-refractivity contribution in [3.63, 3.8) is 0 Å². The van der Waals surface area contributed by atoms with Gasteiger partial charge in [0.2, 0.25) is 5.91 Å². The van der Waals surface area contributed by atoms with Gasteiger partial charge in [0.1, 0.15) is 5.75 Å². The van der Waals surface area contributed by atoms with Crippen molar-refractivity contribution in [2.24, 2.45) is 14.1 Å². The first-order chi connectivity index (χ1) is 12.4. The van der Waals surface area contributed by atoms with Gasteiger partial charge in [-0.25, -0.2) is 9.78 Å². The number of para-hydroxylation sites is 2. The number of aromatic nitrogens is 4. The van der Waals surface area contributed by atoms with Crippen molar-refractivity contribution in [3.8, 4) is 5.75 Å². The number of imidazole rings is 1. The summed E-state index contributed by atoms with van der Waals surface area (Å²) >= 11 is 0. The predicted octanol–water partition coefficient (Wildman–Crippen LogP) is 0.471. The van der Waals surface area contributed by atoms with E-state index in [1.165, 1.54) is 25.1 Å². The lowest BCUT2D eigenvalue weighted by atomic mass is 10.2. The molecule has 1 amide bonds. The summed E-state index contributed by atoms with van der Waals surface area (Å²) in [6, 6.07) is 7.11. The van der Waals surface area contributed by atoms with Gasteiger partial charge in [-0.15, -0.1) is 0 Å². The quantitative estimate of drug-likeness (QED) is 0.715. The number of rotatable bonds is 5. The van der Waals surface area contributed by atoms with Crippen LogP contribution in [0.1, 0.15) is 6.42 Å². The Morgan fingerprint density at radius 2 is 1.92 bits per heavy atom. The fraction of sp³-hybridized carbons (Fsp3) is 0.294. The molecular formula is C17H19N5O4. The number of carbonyl (C=O) groups excluding carboxylic acids is 1. The summed E-state index contributed by atoms with van der Waals surface area (Å²) in [6.45, 7) is 0.255. The van der Waals surface area contributed by atoms with Crippen molar-refractivity contribution in [3.05, 3.63) is 51.4 Å². The summed E-state index contributed by atoms with van der Waals surface area (Å²) in [5.74, 6) is 0.343. The number of amides is 1. The summed E-state index contributed by atoms with van der Waals surface area (Å²) in [7, 11) is 4.49. The van der Waals surface area contributed by atoms with Crippen LogP contribution in [0.4, 0.5) is 5.69 Å². The first-order valence-electron chi connectivity index (χ1n) is 7.97. The van der Waals surface area contributed by atoms with Crippen molar-refractivity contribution in [1.82, 2.24) is 18.7 Å². The third-order valence-electron chi connectivity index (χ3n) is 4.18. The number of anilines is 1. The molecular weight excluding hydrogens is 338 g/mol. The highest BCUT2D eigenvalue weighted by Gasteiger charge is 2.15. The Hall–Kier alpha value is -3.36. The third kappa shape index (κ3) is 2.99. The zero-order chi connectivity index (χ0) is 18.8. The molecule has 26 heavy (non-hydrogen) atoms. The summed E-state index contributed by atoms with van der Waals surface area (Å²) in [4.78, 5) is 40.7. The van der Waals surface area contributed by atoms with Gasteiger partial charge in [0.25, 0.3) is 5.56 Å². The number of benzene rings is 1. The van der Waals surface area contributed by atoms with E-state index in [-0.39, 0.29) is 18.9 Å². The Morgan fingerprint density at radius 1 is 1.19 bits per heavy atom. The molecule has 3 rings (SSSR count). The van der Waals surface area contributed by atoms with E-state index < -0.39 is 11.2 Å². The highest BCUT2D eigenvalue weighted by atomic mass is 16.5. The standard InChI is InChI=1S/C17H19N5O4/c1-20-15-14(16(24)21(2)17(20)25)22(10-18-15)9-8-13(23)19-11-6-4-5-7-12(11)26-3/h4-7,10H,8-9H2,1-3H3,(H,19,23). The number of hydrogen-bond donors (Lipinski definition) is 1. The van der Waals surface area contributed by atoms with E-state index in [1.807, 2.05) is 6.07 Å². The van der Waals surface area contributed by atoms with Crippen LogP contribution in [0.3, 0.4) is 0 Å². The molecule has 0 bridgehead atoms. The number of methoxy groups -OCH3 is 1. The largest absolute Gasteiger partial charge is 0.495 e. The van der Waals surface area contributed by atoms with E-state index in [9.17, 15) is 14.4 Å². The topological polar surface area (TPSA) is 100 Å². The smallest absolute Gasteiger partial charge is 0.332 e. The second-order valence-electron chi connectivity index (χ2n) is 5.81. The fourth-order valence-electron chi connectivity index (χ4n) is 2.75. The first kappa shape index (κ1) is 17.5. The molecule has 0 aliphatic rings. The Bertz CT molecular complexity index is 1090. The Balaban J connectivity index is 1.81. The molecule has 9 heteroatoms. The average Bonchev–Trinajstić information content (AvgIpc) is 3.07. The molecule has 1 aromatic carbocycles. The van der Waals surface area contributed by atoms with Gasteiger partial charge in [-0.1, -0.05) is 12.1 Å². The zero-order valence-electron chi connectivity index (χ0n) is 14.7. The molecule has 3 aromatic rings.